The Kier molecular flexibility index (Phi) is 2.28. The predicted octanol–water partition coefficient (Wildman–Crippen LogP) is 0.547. The summed E-state index contributed by atoms with van der Waals surface area (Å²) in [4.78, 5) is 4.10. The van der Waals surface area contributed by atoms with Crippen molar-refractivity contribution in [3.8, 4) is 0 Å². The van der Waals surface area contributed by atoms with E-state index in [4.69, 9.17) is 4.52 Å². The molecule has 2 N–H and O–H groups in total. The summed E-state index contributed by atoms with van der Waals surface area (Å²) in [7, 11) is 0. The first kappa shape index (κ1) is 8.65. The molecule has 1 aromatic rings. The number of aliphatic hydroxyl groups excluding tert-OH is 1. The summed E-state index contributed by atoms with van der Waals surface area (Å²) in [6.45, 7) is 2.62. The van der Waals surface area contributed by atoms with Crippen molar-refractivity contribution in [1.29, 1.82) is 0 Å². The maximum atomic E-state index is 9.17. The van der Waals surface area contributed by atoms with E-state index in [2.05, 4.69) is 15.5 Å². The Morgan fingerprint density at radius 2 is 2.54 bits per heavy atom. The standard InChI is InChI=1S/C8H13N3O2/c1-5(12)7-10-8(13-11-7)6-3-2-4-9-6/h5-6,9,12H,2-4H2,1H3. The topological polar surface area (TPSA) is 71.2 Å². The third kappa shape index (κ3) is 1.71. The smallest absolute Gasteiger partial charge is 0.243 e. The SMILES string of the molecule is CC(O)c1noc(C2CCCN2)n1. The summed E-state index contributed by atoms with van der Waals surface area (Å²) < 4.78 is 5.03. The summed E-state index contributed by atoms with van der Waals surface area (Å²) in [5, 5.41) is 16.1. The molecular formula is C8H13N3O2. The molecule has 2 atom stereocenters. The first-order valence-electron chi connectivity index (χ1n) is 4.52. The van der Waals surface area contributed by atoms with Crippen LogP contribution in [0, 0.1) is 0 Å². The largest absolute Gasteiger partial charge is 0.385 e. The minimum absolute atomic E-state index is 0.181. The molecule has 2 rings (SSSR count). The molecule has 13 heavy (non-hydrogen) atoms. The Labute approximate surface area is 76.1 Å². The van der Waals surface area contributed by atoms with E-state index in [1.54, 1.807) is 6.92 Å². The molecule has 0 bridgehead atoms. The van der Waals surface area contributed by atoms with Crippen LogP contribution in [0.15, 0.2) is 4.52 Å². The molecule has 1 aromatic heterocycles. The van der Waals surface area contributed by atoms with Gasteiger partial charge in [-0.1, -0.05) is 5.16 Å². The van der Waals surface area contributed by atoms with Crippen molar-refractivity contribution in [3.05, 3.63) is 11.7 Å². The Morgan fingerprint density at radius 1 is 1.69 bits per heavy atom. The zero-order valence-electron chi connectivity index (χ0n) is 7.53. The van der Waals surface area contributed by atoms with Crippen LogP contribution in [0.1, 0.15) is 43.6 Å². The van der Waals surface area contributed by atoms with Crippen LogP contribution in [0.2, 0.25) is 0 Å². The van der Waals surface area contributed by atoms with Crippen molar-refractivity contribution in [2.45, 2.75) is 31.9 Å². The first-order chi connectivity index (χ1) is 6.27. The molecule has 1 fully saturated rings. The normalized spacial score (nSPS) is 24.9. The Morgan fingerprint density at radius 3 is 3.08 bits per heavy atom. The summed E-state index contributed by atoms with van der Waals surface area (Å²) in [5.74, 6) is 0.956. The highest BCUT2D eigenvalue weighted by atomic mass is 16.5. The molecule has 0 spiro atoms. The van der Waals surface area contributed by atoms with Gasteiger partial charge in [-0.2, -0.15) is 4.98 Å². The maximum absolute atomic E-state index is 9.17. The van der Waals surface area contributed by atoms with Gasteiger partial charge in [0.2, 0.25) is 5.89 Å². The van der Waals surface area contributed by atoms with Crippen molar-refractivity contribution < 1.29 is 9.63 Å². The minimum atomic E-state index is -0.654. The molecule has 1 aliphatic rings. The third-order valence-electron chi connectivity index (χ3n) is 2.19. The molecule has 0 amide bonds. The fourth-order valence-electron chi connectivity index (χ4n) is 1.45. The average molecular weight is 183 g/mol. The molecule has 72 valence electrons. The van der Waals surface area contributed by atoms with Crippen LogP contribution in [0.25, 0.3) is 0 Å². The molecule has 1 aliphatic heterocycles. The van der Waals surface area contributed by atoms with Gasteiger partial charge in [0.25, 0.3) is 0 Å². The molecule has 5 nitrogen and oxygen atoms in total. The van der Waals surface area contributed by atoms with Crippen LogP contribution >= 0.6 is 0 Å². The lowest BCUT2D eigenvalue weighted by Crippen LogP contribution is -2.13. The summed E-state index contributed by atoms with van der Waals surface area (Å²) >= 11 is 0. The quantitative estimate of drug-likeness (QED) is 0.700. The van der Waals surface area contributed by atoms with Crippen LogP contribution < -0.4 is 5.32 Å². The van der Waals surface area contributed by atoms with Crippen molar-refractivity contribution in [3.63, 3.8) is 0 Å². The maximum Gasteiger partial charge on any atom is 0.243 e. The molecule has 0 aromatic carbocycles. The zero-order valence-corrected chi connectivity index (χ0v) is 7.53. The van der Waals surface area contributed by atoms with E-state index in [9.17, 15) is 5.11 Å². The van der Waals surface area contributed by atoms with Gasteiger partial charge < -0.3 is 14.9 Å². The monoisotopic (exact) mass is 183 g/mol. The summed E-state index contributed by atoms with van der Waals surface area (Å²) in [6.07, 6.45) is 1.51. The van der Waals surface area contributed by atoms with Crippen LogP contribution in [0.3, 0.4) is 0 Å². The van der Waals surface area contributed by atoms with Crippen LogP contribution in [-0.2, 0) is 0 Å². The van der Waals surface area contributed by atoms with E-state index < -0.39 is 6.10 Å². The minimum Gasteiger partial charge on any atom is -0.385 e. The average Bonchev–Trinajstić information content (AvgIpc) is 2.75. The number of aromatic nitrogens is 2. The molecule has 0 radical (unpaired) electrons. The highest BCUT2D eigenvalue weighted by Gasteiger charge is 2.23. The first-order valence-corrected chi connectivity index (χ1v) is 4.52. The molecule has 5 heteroatoms. The molecule has 2 heterocycles. The Balaban J connectivity index is 2.12. The van der Waals surface area contributed by atoms with Gasteiger partial charge in [0.05, 0.1) is 6.04 Å². The van der Waals surface area contributed by atoms with Crippen LogP contribution in [0.5, 0.6) is 0 Å². The Hall–Kier alpha value is -0.940. The number of nitrogens with one attached hydrogen (secondary N) is 1. The number of rotatable bonds is 2. The number of nitrogens with zero attached hydrogens (tertiary/aromatic N) is 2. The van der Waals surface area contributed by atoms with Crippen LogP contribution in [-0.4, -0.2) is 21.8 Å². The second kappa shape index (κ2) is 3.43. The van der Waals surface area contributed by atoms with E-state index in [0.717, 1.165) is 19.4 Å². The second-order valence-electron chi connectivity index (χ2n) is 3.32. The van der Waals surface area contributed by atoms with E-state index in [-0.39, 0.29) is 6.04 Å². The lowest BCUT2D eigenvalue weighted by atomic mass is 10.2. The van der Waals surface area contributed by atoms with Gasteiger partial charge in [0, 0.05) is 0 Å². The van der Waals surface area contributed by atoms with E-state index in [0.29, 0.717) is 11.7 Å². The van der Waals surface area contributed by atoms with Gasteiger partial charge in [-0.15, -0.1) is 0 Å². The van der Waals surface area contributed by atoms with Gasteiger partial charge >= 0.3 is 0 Å². The molecule has 1 saturated heterocycles. The van der Waals surface area contributed by atoms with Gasteiger partial charge in [0.15, 0.2) is 5.82 Å². The van der Waals surface area contributed by atoms with Crippen molar-refractivity contribution in [1.82, 2.24) is 15.5 Å². The highest BCUT2D eigenvalue weighted by Crippen LogP contribution is 2.22. The molecule has 0 aliphatic carbocycles. The van der Waals surface area contributed by atoms with Crippen molar-refractivity contribution in [2.75, 3.05) is 6.54 Å². The molecule has 2 unspecified atom stereocenters. The predicted molar refractivity (Wildman–Crippen MR) is 44.9 cm³/mol. The van der Waals surface area contributed by atoms with Crippen LogP contribution in [0.4, 0.5) is 0 Å². The summed E-state index contributed by atoms with van der Waals surface area (Å²) in [5.41, 5.74) is 0. The number of hydrogen-bond acceptors (Lipinski definition) is 5. The lowest BCUT2D eigenvalue weighted by molar-refractivity contribution is 0.184. The summed E-state index contributed by atoms with van der Waals surface area (Å²) in [6, 6.07) is 0.181. The van der Waals surface area contributed by atoms with E-state index >= 15 is 0 Å². The fourth-order valence-corrected chi connectivity index (χ4v) is 1.45. The van der Waals surface area contributed by atoms with Gasteiger partial charge in [-0.3, -0.25) is 0 Å². The van der Waals surface area contributed by atoms with E-state index in [1.807, 2.05) is 0 Å². The lowest BCUT2D eigenvalue weighted by Gasteiger charge is -2.01. The van der Waals surface area contributed by atoms with Crippen molar-refractivity contribution in [2.24, 2.45) is 0 Å². The fraction of sp³-hybridized carbons (Fsp3) is 0.750. The third-order valence-corrected chi connectivity index (χ3v) is 2.19. The second-order valence-corrected chi connectivity index (χ2v) is 3.32. The van der Waals surface area contributed by atoms with Crippen molar-refractivity contribution >= 4 is 0 Å². The molecular weight excluding hydrogens is 170 g/mol. The molecule has 0 saturated carbocycles. The zero-order chi connectivity index (χ0) is 9.26. The van der Waals surface area contributed by atoms with Gasteiger partial charge in [0.1, 0.15) is 6.10 Å². The highest BCUT2D eigenvalue weighted by molar-refractivity contribution is 4.96. The number of hydrogen-bond donors (Lipinski definition) is 2. The Bertz CT molecular complexity index is 279. The van der Waals surface area contributed by atoms with E-state index in [1.165, 1.54) is 0 Å². The van der Waals surface area contributed by atoms with Gasteiger partial charge in [-0.05, 0) is 26.3 Å². The van der Waals surface area contributed by atoms with Gasteiger partial charge in [-0.25, -0.2) is 0 Å². The number of aliphatic hydroxyl groups is 1.